The summed E-state index contributed by atoms with van der Waals surface area (Å²) in [6.45, 7) is 8.05. The van der Waals surface area contributed by atoms with Crippen LogP contribution in [0.3, 0.4) is 0 Å². The Morgan fingerprint density at radius 3 is 2.88 bits per heavy atom. The molecule has 7 nitrogen and oxygen atoms in total. The lowest BCUT2D eigenvalue weighted by Crippen LogP contribution is -2.29. The molecule has 0 amide bonds. The van der Waals surface area contributed by atoms with Crippen molar-refractivity contribution in [3.05, 3.63) is 88.6 Å². The molecule has 3 aromatic rings. The number of thioether (sulfide) groups is 1. The highest BCUT2D eigenvalue weighted by Crippen LogP contribution is 2.38. The van der Waals surface area contributed by atoms with Crippen molar-refractivity contribution < 1.29 is 14.3 Å². The number of allylic oxidation sites excluding steroid dienone is 1. The van der Waals surface area contributed by atoms with Crippen LogP contribution in [0.1, 0.15) is 31.0 Å². The predicted octanol–water partition coefficient (Wildman–Crippen LogP) is 5.64. The number of rotatable bonds is 9. The first kappa shape index (κ1) is 23.9. The minimum atomic E-state index is -0.531. The Morgan fingerprint density at radius 1 is 1.29 bits per heavy atom. The zero-order valence-corrected chi connectivity index (χ0v) is 20.5. The molecule has 0 saturated carbocycles. The van der Waals surface area contributed by atoms with Crippen LogP contribution in [0.15, 0.2) is 77.6 Å². The average molecular weight is 497 g/mol. The van der Waals surface area contributed by atoms with Gasteiger partial charge in [-0.3, -0.25) is 0 Å². The number of carbonyl (C=O) groups excluding carboxylic acids is 1. The first-order valence-electron chi connectivity index (χ1n) is 10.8. The number of benzene rings is 2. The Kier molecular flexibility index (Phi) is 7.59. The topological polar surface area (TPSA) is 78.3 Å². The zero-order valence-electron chi connectivity index (χ0n) is 19.0. The molecule has 0 radical (unpaired) electrons. The summed E-state index contributed by atoms with van der Waals surface area (Å²) in [6, 6.07) is 14.8. The van der Waals surface area contributed by atoms with E-state index in [1.54, 1.807) is 10.8 Å². The summed E-state index contributed by atoms with van der Waals surface area (Å²) in [5.74, 6) is 1.44. The monoisotopic (exact) mass is 496 g/mol. The van der Waals surface area contributed by atoms with Gasteiger partial charge in [0.1, 0.15) is 18.4 Å². The summed E-state index contributed by atoms with van der Waals surface area (Å²) >= 11 is 7.78. The van der Waals surface area contributed by atoms with Gasteiger partial charge in [-0.15, -0.1) is 5.10 Å². The zero-order chi connectivity index (χ0) is 24.1. The summed E-state index contributed by atoms with van der Waals surface area (Å²) in [5, 5.41) is 9.22. The number of hydrogen-bond donors (Lipinski definition) is 1. The van der Waals surface area contributed by atoms with E-state index in [-0.39, 0.29) is 6.61 Å². The van der Waals surface area contributed by atoms with E-state index in [4.69, 9.17) is 26.2 Å². The number of hydrogen-bond acceptors (Lipinski definition) is 7. The maximum absolute atomic E-state index is 13.0. The fourth-order valence-corrected chi connectivity index (χ4v) is 4.79. The van der Waals surface area contributed by atoms with E-state index in [0.717, 1.165) is 11.1 Å². The smallest absolute Gasteiger partial charge is 0.338 e. The lowest BCUT2D eigenvalue weighted by molar-refractivity contribution is -0.138. The molecule has 1 aromatic heterocycles. The van der Waals surface area contributed by atoms with E-state index in [9.17, 15) is 4.79 Å². The minimum Gasteiger partial charge on any atom is -0.494 e. The van der Waals surface area contributed by atoms with Gasteiger partial charge >= 0.3 is 5.97 Å². The number of nitrogens with zero attached hydrogens (tertiary/aromatic N) is 3. The van der Waals surface area contributed by atoms with Crippen molar-refractivity contribution in [2.24, 2.45) is 0 Å². The average Bonchev–Trinajstić information content (AvgIpc) is 3.23. The lowest BCUT2D eigenvalue weighted by Gasteiger charge is -2.28. The Hall–Kier alpha value is -3.23. The molecule has 34 heavy (non-hydrogen) atoms. The van der Waals surface area contributed by atoms with Gasteiger partial charge in [0, 0.05) is 16.5 Å². The van der Waals surface area contributed by atoms with Crippen LogP contribution < -0.4 is 10.1 Å². The molecular weight excluding hydrogens is 472 g/mol. The Bertz CT molecular complexity index is 1240. The van der Waals surface area contributed by atoms with Gasteiger partial charge in [-0.1, -0.05) is 66.3 Å². The predicted molar refractivity (Wildman–Crippen MR) is 134 cm³/mol. The fraction of sp³-hybridized carbons (Fsp3) is 0.240. The molecular formula is C25H25ClN4O3S. The first-order chi connectivity index (χ1) is 16.5. The van der Waals surface area contributed by atoms with Crippen molar-refractivity contribution in [2.45, 2.75) is 30.8 Å². The number of aromatic nitrogens is 3. The molecule has 0 aliphatic carbocycles. The number of nitrogens with one attached hydrogen (secondary N) is 1. The lowest BCUT2D eigenvalue weighted by atomic mass is 9.95. The maximum atomic E-state index is 13.0. The van der Waals surface area contributed by atoms with Crippen molar-refractivity contribution in [3.8, 4) is 5.75 Å². The van der Waals surface area contributed by atoms with Crippen molar-refractivity contribution in [1.29, 1.82) is 0 Å². The van der Waals surface area contributed by atoms with Gasteiger partial charge < -0.3 is 14.8 Å². The van der Waals surface area contributed by atoms with Gasteiger partial charge in [0.2, 0.25) is 11.1 Å². The van der Waals surface area contributed by atoms with Crippen LogP contribution in [0.4, 0.5) is 5.95 Å². The molecule has 1 aliphatic heterocycles. The highest BCUT2D eigenvalue weighted by Gasteiger charge is 2.35. The second-order valence-corrected chi connectivity index (χ2v) is 8.85. The molecule has 1 atom stereocenters. The molecule has 9 heteroatoms. The molecule has 1 N–H and O–H groups in total. The number of fused-ring (bicyclic) bond motifs is 1. The van der Waals surface area contributed by atoms with E-state index in [0.29, 0.717) is 45.5 Å². The van der Waals surface area contributed by atoms with E-state index in [1.165, 1.54) is 11.8 Å². The molecule has 0 saturated heterocycles. The van der Waals surface area contributed by atoms with Gasteiger partial charge in [-0.2, -0.15) is 4.98 Å². The van der Waals surface area contributed by atoms with Crippen LogP contribution in [0, 0.1) is 0 Å². The number of carbonyl (C=O) groups is 1. The fourth-order valence-electron chi connectivity index (χ4n) is 3.68. The minimum absolute atomic E-state index is 0.116. The van der Waals surface area contributed by atoms with Crippen molar-refractivity contribution >= 4 is 35.3 Å². The van der Waals surface area contributed by atoms with E-state index in [2.05, 4.69) is 16.9 Å². The third-order valence-corrected chi connectivity index (χ3v) is 6.44. The molecule has 176 valence electrons. The molecule has 2 aromatic carbocycles. The largest absolute Gasteiger partial charge is 0.494 e. The maximum Gasteiger partial charge on any atom is 0.338 e. The molecule has 1 unspecified atom stereocenters. The molecule has 0 fully saturated rings. The van der Waals surface area contributed by atoms with E-state index >= 15 is 0 Å². The highest BCUT2D eigenvalue weighted by molar-refractivity contribution is 7.98. The summed E-state index contributed by atoms with van der Waals surface area (Å²) in [5.41, 5.74) is 2.95. The third-order valence-electron chi connectivity index (χ3n) is 5.18. The Balaban J connectivity index is 1.71. The van der Waals surface area contributed by atoms with Crippen LogP contribution in [0.25, 0.3) is 0 Å². The van der Waals surface area contributed by atoms with E-state index in [1.807, 2.05) is 62.4 Å². The number of esters is 1. The van der Waals surface area contributed by atoms with Gasteiger partial charge in [-0.05, 0) is 43.2 Å². The molecule has 2 heterocycles. The van der Waals surface area contributed by atoms with Gasteiger partial charge in [-0.25, -0.2) is 9.48 Å². The highest BCUT2D eigenvalue weighted by atomic mass is 35.5. The summed E-state index contributed by atoms with van der Waals surface area (Å²) in [7, 11) is 0. The van der Waals surface area contributed by atoms with Crippen LogP contribution in [0.2, 0.25) is 5.02 Å². The standard InChI is InChI=1S/C25H25ClN4O3S/c1-4-13-33-23(31)21-16(3)27-24-28-25(34-15-18-9-6-7-12-20(18)26)29-30(24)22(21)17-10-8-11-19(14-17)32-5-2/h4,6-12,14,22H,1,5,13,15H2,2-3H3,(H,27,28,29). The summed E-state index contributed by atoms with van der Waals surface area (Å²) < 4.78 is 12.8. The number of anilines is 1. The third kappa shape index (κ3) is 5.13. The van der Waals surface area contributed by atoms with E-state index < -0.39 is 12.0 Å². The number of halogens is 1. The summed E-state index contributed by atoms with van der Waals surface area (Å²) in [4.78, 5) is 17.7. The van der Waals surface area contributed by atoms with Gasteiger partial charge in [0.25, 0.3) is 0 Å². The van der Waals surface area contributed by atoms with Crippen LogP contribution in [-0.4, -0.2) is 33.9 Å². The van der Waals surface area contributed by atoms with Crippen molar-refractivity contribution in [2.75, 3.05) is 18.5 Å². The van der Waals surface area contributed by atoms with Crippen LogP contribution >= 0.6 is 23.4 Å². The van der Waals surface area contributed by atoms with Crippen molar-refractivity contribution in [1.82, 2.24) is 14.8 Å². The first-order valence-corrected chi connectivity index (χ1v) is 12.2. The Labute approximate surface area is 207 Å². The molecule has 0 bridgehead atoms. The van der Waals surface area contributed by atoms with Crippen LogP contribution in [-0.2, 0) is 15.3 Å². The second kappa shape index (κ2) is 10.8. The quantitative estimate of drug-likeness (QED) is 0.233. The summed E-state index contributed by atoms with van der Waals surface area (Å²) in [6.07, 6.45) is 1.54. The van der Waals surface area contributed by atoms with Crippen LogP contribution in [0.5, 0.6) is 5.75 Å². The molecule has 0 spiro atoms. The van der Waals surface area contributed by atoms with Gasteiger partial charge in [0.15, 0.2) is 0 Å². The molecule has 1 aliphatic rings. The Morgan fingerprint density at radius 2 is 2.12 bits per heavy atom. The number of ether oxygens (including phenoxy) is 2. The normalized spacial score (nSPS) is 14.9. The van der Waals surface area contributed by atoms with Gasteiger partial charge in [0.05, 0.1) is 12.2 Å². The second-order valence-electron chi connectivity index (χ2n) is 7.50. The SMILES string of the molecule is C=CCOC(=O)C1=C(C)Nc2nc(SCc3ccccc3Cl)nn2C1c1cccc(OCC)c1. The van der Waals surface area contributed by atoms with Crippen molar-refractivity contribution in [3.63, 3.8) is 0 Å². The molecule has 4 rings (SSSR count).